The van der Waals surface area contributed by atoms with Gasteiger partial charge < -0.3 is 18.8 Å². The molecule has 0 aliphatic rings. The molecule has 1 heterocycles. The summed E-state index contributed by atoms with van der Waals surface area (Å²) >= 11 is 0. The molecule has 0 atom stereocenters. The molecule has 140 valence electrons. The molecule has 0 aliphatic heterocycles. The Labute approximate surface area is 159 Å². The summed E-state index contributed by atoms with van der Waals surface area (Å²) in [7, 11) is 3.18. The summed E-state index contributed by atoms with van der Waals surface area (Å²) in [5.74, 6) is 2.03. The van der Waals surface area contributed by atoms with Crippen molar-refractivity contribution >= 4 is 5.91 Å². The Kier molecular flexibility index (Phi) is 6.15. The second kappa shape index (κ2) is 8.94. The lowest BCUT2D eigenvalue weighted by atomic mass is 10.1. The molecule has 1 amide bonds. The van der Waals surface area contributed by atoms with Crippen LogP contribution >= 0.6 is 0 Å². The summed E-state index contributed by atoms with van der Waals surface area (Å²) in [6, 6.07) is 19.2. The Morgan fingerprint density at radius 2 is 1.67 bits per heavy atom. The van der Waals surface area contributed by atoms with Gasteiger partial charge in [0.25, 0.3) is 0 Å². The molecule has 5 nitrogen and oxygen atoms in total. The molecule has 0 aliphatic carbocycles. The highest BCUT2D eigenvalue weighted by molar-refractivity contribution is 5.79. The summed E-state index contributed by atoms with van der Waals surface area (Å²) in [4.78, 5) is 14.8. The number of carbonyl (C=O) groups excluding carboxylic acids is 1. The van der Waals surface area contributed by atoms with Gasteiger partial charge in [0.1, 0.15) is 5.76 Å². The third-order valence-corrected chi connectivity index (χ3v) is 4.30. The number of nitrogens with zero attached hydrogens (tertiary/aromatic N) is 1. The molecule has 2 aromatic carbocycles. The molecule has 3 aromatic rings. The third-order valence-electron chi connectivity index (χ3n) is 4.30. The lowest BCUT2D eigenvalue weighted by Gasteiger charge is -2.22. The van der Waals surface area contributed by atoms with E-state index in [9.17, 15) is 4.79 Å². The maximum Gasteiger partial charge on any atom is 0.227 e. The first-order valence-electron chi connectivity index (χ1n) is 8.74. The van der Waals surface area contributed by atoms with Crippen LogP contribution in [0.15, 0.2) is 71.3 Å². The van der Waals surface area contributed by atoms with E-state index >= 15 is 0 Å². The molecule has 0 saturated heterocycles. The van der Waals surface area contributed by atoms with Crippen molar-refractivity contribution in [3.63, 3.8) is 0 Å². The van der Waals surface area contributed by atoms with E-state index in [1.54, 1.807) is 25.4 Å². The number of methoxy groups -OCH3 is 2. The van der Waals surface area contributed by atoms with Gasteiger partial charge in [-0.3, -0.25) is 4.79 Å². The number of furan rings is 1. The lowest BCUT2D eigenvalue weighted by molar-refractivity contribution is -0.132. The van der Waals surface area contributed by atoms with Crippen molar-refractivity contribution in [3.05, 3.63) is 83.8 Å². The molecule has 0 fully saturated rings. The summed E-state index contributed by atoms with van der Waals surface area (Å²) < 4.78 is 16.0. The smallest absolute Gasteiger partial charge is 0.227 e. The van der Waals surface area contributed by atoms with Crippen molar-refractivity contribution in [3.8, 4) is 11.5 Å². The number of rotatable bonds is 8. The first-order valence-corrected chi connectivity index (χ1v) is 8.74. The van der Waals surface area contributed by atoms with Gasteiger partial charge in [-0.05, 0) is 35.4 Å². The van der Waals surface area contributed by atoms with Crippen LogP contribution in [0, 0.1) is 0 Å². The van der Waals surface area contributed by atoms with Gasteiger partial charge in [-0.1, -0.05) is 36.4 Å². The van der Waals surface area contributed by atoms with Crippen LogP contribution in [0.1, 0.15) is 16.9 Å². The Balaban J connectivity index is 1.77. The minimum Gasteiger partial charge on any atom is -0.493 e. The largest absolute Gasteiger partial charge is 0.493 e. The fourth-order valence-corrected chi connectivity index (χ4v) is 2.90. The Morgan fingerprint density at radius 1 is 0.889 bits per heavy atom. The molecular weight excluding hydrogens is 342 g/mol. The van der Waals surface area contributed by atoms with Gasteiger partial charge in [0.05, 0.1) is 33.4 Å². The van der Waals surface area contributed by atoms with Crippen molar-refractivity contribution in [1.82, 2.24) is 4.90 Å². The zero-order valence-corrected chi connectivity index (χ0v) is 15.6. The van der Waals surface area contributed by atoms with Crippen LogP contribution in [0.2, 0.25) is 0 Å². The summed E-state index contributed by atoms with van der Waals surface area (Å²) in [6.45, 7) is 0.946. The highest BCUT2D eigenvalue weighted by atomic mass is 16.5. The fraction of sp³-hybridized carbons (Fsp3) is 0.227. The first kappa shape index (κ1) is 18.6. The van der Waals surface area contributed by atoms with E-state index in [4.69, 9.17) is 13.9 Å². The standard InChI is InChI=1S/C22H23NO4/c1-25-20-11-10-18(13-21(20)26-2)14-22(24)23(16-19-9-6-12-27-19)15-17-7-4-3-5-8-17/h3-13H,14-16H2,1-2H3. The van der Waals surface area contributed by atoms with Crippen LogP contribution in [0.25, 0.3) is 0 Å². The molecule has 5 heteroatoms. The van der Waals surface area contributed by atoms with E-state index in [0.29, 0.717) is 24.6 Å². The first-order chi connectivity index (χ1) is 13.2. The van der Waals surface area contributed by atoms with Crippen LogP contribution in [0.5, 0.6) is 11.5 Å². The molecule has 0 unspecified atom stereocenters. The van der Waals surface area contributed by atoms with E-state index in [-0.39, 0.29) is 12.3 Å². The van der Waals surface area contributed by atoms with Crippen LogP contribution in [0.3, 0.4) is 0 Å². The van der Waals surface area contributed by atoms with Gasteiger partial charge in [0.15, 0.2) is 11.5 Å². The molecule has 0 radical (unpaired) electrons. The van der Waals surface area contributed by atoms with E-state index in [1.165, 1.54) is 0 Å². The number of hydrogen-bond donors (Lipinski definition) is 0. The average Bonchev–Trinajstić information content (AvgIpc) is 3.21. The maximum absolute atomic E-state index is 13.0. The molecule has 27 heavy (non-hydrogen) atoms. The van der Waals surface area contributed by atoms with Crippen molar-refractivity contribution < 1.29 is 18.7 Å². The molecule has 0 N–H and O–H groups in total. The number of amides is 1. The lowest BCUT2D eigenvalue weighted by Crippen LogP contribution is -2.31. The molecule has 0 bridgehead atoms. The highest BCUT2D eigenvalue weighted by Crippen LogP contribution is 2.28. The maximum atomic E-state index is 13.0. The SMILES string of the molecule is COc1ccc(CC(=O)N(Cc2ccccc2)Cc2ccco2)cc1OC. The van der Waals surface area contributed by atoms with E-state index in [2.05, 4.69) is 0 Å². The second-order valence-corrected chi connectivity index (χ2v) is 6.18. The fourth-order valence-electron chi connectivity index (χ4n) is 2.90. The second-order valence-electron chi connectivity index (χ2n) is 6.18. The molecular formula is C22H23NO4. The summed E-state index contributed by atoms with van der Waals surface area (Å²) in [6.07, 6.45) is 1.89. The predicted molar refractivity (Wildman–Crippen MR) is 103 cm³/mol. The molecule has 1 aromatic heterocycles. The predicted octanol–water partition coefficient (Wildman–Crippen LogP) is 4.07. The van der Waals surface area contributed by atoms with Crippen LogP contribution in [-0.2, 0) is 24.3 Å². The van der Waals surface area contributed by atoms with Gasteiger partial charge in [0, 0.05) is 6.54 Å². The quantitative estimate of drug-likeness (QED) is 0.604. The number of hydrogen-bond acceptors (Lipinski definition) is 4. The van der Waals surface area contributed by atoms with E-state index in [0.717, 1.165) is 16.9 Å². The Morgan fingerprint density at radius 3 is 2.33 bits per heavy atom. The van der Waals surface area contributed by atoms with Crippen molar-refractivity contribution in [2.24, 2.45) is 0 Å². The van der Waals surface area contributed by atoms with Gasteiger partial charge in [0.2, 0.25) is 5.91 Å². The average molecular weight is 365 g/mol. The molecule has 0 saturated carbocycles. The van der Waals surface area contributed by atoms with Crippen LogP contribution in [-0.4, -0.2) is 25.0 Å². The van der Waals surface area contributed by atoms with Gasteiger partial charge in [-0.25, -0.2) is 0 Å². The number of ether oxygens (including phenoxy) is 2. The summed E-state index contributed by atoms with van der Waals surface area (Å²) in [5, 5.41) is 0. The Hall–Kier alpha value is -3.21. The zero-order valence-electron chi connectivity index (χ0n) is 15.6. The van der Waals surface area contributed by atoms with Gasteiger partial charge in [-0.15, -0.1) is 0 Å². The van der Waals surface area contributed by atoms with Gasteiger partial charge in [-0.2, -0.15) is 0 Å². The minimum atomic E-state index is 0.0162. The molecule has 3 rings (SSSR count). The van der Waals surface area contributed by atoms with Crippen molar-refractivity contribution in [2.45, 2.75) is 19.5 Å². The van der Waals surface area contributed by atoms with E-state index < -0.39 is 0 Å². The van der Waals surface area contributed by atoms with Crippen LogP contribution in [0.4, 0.5) is 0 Å². The number of benzene rings is 2. The van der Waals surface area contributed by atoms with Crippen molar-refractivity contribution in [1.29, 1.82) is 0 Å². The monoisotopic (exact) mass is 365 g/mol. The van der Waals surface area contributed by atoms with Crippen molar-refractivity contribution in [2.75, 3.05) is 14.2 Å². The van der Waals surface area contributed by atoms with Crippen LogP contribution < -0.4 is 9.47 Å². The third kappa shape index (κ3) is 4.91. The topological polar surface area (TPSA) is 51.9 Å². The van der Waals surface area contributed by atoms with Gasteiger partial charge >= 0.3 is 0 Å². The van der Waals surface area contributed by atoms with E-state index in [1.807, 2.05) is 60.7 Å². The number of carbonyl (C=O) groups is 1. The minimum absolute atomic E-state index is 0.0162. The highest BCUT2D eigenvalue weighted by Gasteiger charge is 2.17. The molecule has 0 spiro atoms. The Bertz CT molecular complexity index is 859. The zero-order chi connectivity index (χ0) is 19.1. The summed E-state index contributed by atoms with van der Waals surface area (Å²) in [5.41, 5.74) is 1.94. The normalized spacial score (nSPS) is 10.4.